The van der Waals surface area contributed by atoms with E-state index in [-0.39, 0.29) is 17.4 Å². The SMILES string of the molecule is O=C(N1CC(O)C1)C1(c2cccc(Cl)c2)CCC1. The van der Waals surface area contributed by atoms with Gasteiger partial charge < -0.3 is 10.0 Å². The Balaban J connectivity index is 1.88. The molecule has 3 rings (SSSR count). The van der Waals surface area contributed by atoms with E-state index in [1.165, 1.54) is 0 Å². The third kappa shape index (κ3) is 1.73. The van der Waals surface area contributed by atoms with E-state index < -0.39 is 0 Å². The Hall–Kier alpha value is -1.06. The highest BCUT2D eigenvalue weighted by molar-refractivity contribution is 6.30. The van der Waals surface area contributed by atoms with Crippen molar-refractivity contribution in [3.8, 4) is 0 Å². The summed E-state index contributed by atoms with van der Waals surface area (Å²) in [6.07, 6.45) is 2.51. The van der Waals surface area contributed by atoms with E-state index >= 15 is 0 Å². The van der Waals surface area contributed by atoms with Gasteiger partial charge in [0.1, 0.15) is 0 Å². The first-order valence-corrected chi connectivity index (χ1v) is 6.73. The summed E-state index contributed by atoms with van der Waals surface area (Å²) in [5.41, 5.74) is 0.637. The number of aliphatic hydroxyl groups excluding tert-OH is 1. The predicted molar refractivity (Wildman–Crippen MR) is 69.6 cm³/mol. The van der Waals surface area contributed by atoms with Crippen LogP contribution in [0.25, 0.3) is 0 Å². The van der Waals surface area contributed by atoms with Gasteiger partial charge in [0.2, 0.25) is 5.91 Å². The number of amides is 1. The Kier molecular flexibility index (Phi) is 2.83. The average Bonchev–Trinajstić information content (AvgIpc) is 2.23. The van der Waals surface area contributed by atoms with Crippen LogP contribution in [0.15, 0.2) is 24.3 Å². The van der Waals surface area contributed by atoms with Crippen LogP contribution in [0, 0.1) is 0 Å². The molecule has 96 valence electrons. The summed E-state index contributed by atoms with van der Waals surface area (Å²) < 4.78 is 0. The lowest BCUT2D eigenvalue weighted by Gasteiger charge is -2.47. The molecule has 0 spiro atoms. The zero-order valence-electron chi connectivity index (χ0n) is 10.1. The van der Waals surface area contributed by atoms with Crippen molar-refractivity contribution >= 4 is 17.5 Å². The molecule has 3 nitrogen and oxygen atoms in total. The number of β-amino-alcohol motifs (C(OH)–C–C–N with tert-alkyl or cyclic N) is 1. The zero-order chi connectivity index (χ0) is 12.8. The minimum atomic E-state index is -0.384. The van der Waals surface area contributed by atoms with Gasteiger partial charge in [0.05, 0.1) is 11.5 Å². The molecule has 2 aliphatic rings. The summed E-state index contributed by atoms with van der Waals surface area (Å²) in [6.45, 7) is 0.947. The van der Waals surface area contributed by atoms with Crippen molar-refractivity contribution in [1.29, 1.82) is 0 Å². The fourth-order valence-corrected chi connectivity index (χ4v) is 3.06. The van der Waals surface area contributed by atoms with Crippen LogP contribution in [-0.4, -0.2) is 35.1 Å². The molecular formula is C14H16ClNO2. The Bertz CT molecular complexity index is 478. The number of halogens is 1. The van der Waals surface area contributed by atoms with Crippen molar-refractivity contribution < 1.29 is 9.90 Å². The number of aliphatic hydroxyl groups is 1. The second-order valence-electron chi connectivity index (χ2n) is 5.31. The van der Waals surface area contributed by atoms with Gasteiger partial charge in [-0.25, -0.2) is 0 Å². The summed E-state index contributed by atoms with van der Waals surface area (Å²) in [5.74, 6) is 0.154. The van der Waals surface area contributed by atoms with Gasteiger partial charge in [0, 0.05) is 18.1 Å². The number of likely N-dealkylation sites (tertiary alicyclic amines) is 1. The largest absolute Gasteiger partial charge is 0.389 e. The maximum atomic E-state index is 12.6. The Morgan fingerprint density at radius 3 is 2.61 bits per heavy atom. The number of nitrogens with zero attached hydrogens (tertiary/aromatic N) is 1. The number of carbonyl (C=O) groups excluding carboxylic acids is 1. The van der Waals surface area contributed by atoms with Crippen molar-refractivity contribution in [3.63, 3.8) is 0 Å². The van der Waals surface area contributed by atoms with Crippen LogP contribution in [-0.2, 0) is 10.2 Å². The molecule has 1 saturated carbocycles. The van der Waals surface area contributed by atoms with E-state index in [0.717, 1.165) is 24.8 Å². The van der Waals surface area contributed by atoms with Crippen molar-refractivity contribution in [2.75, 3.05) is 13.1 Å². The first-order chi connectivity index (χ1) is 8.62. The van der Waals surface area contributed by atoms with Crippen molar-refractivity contribution in [2.45, 2.75) is 30.8 Å². The van der Waals surface area contributed by atoms with E-state index in [4.69, 9.17) is 11.6 Å². The molecule has 0 radical (unpaired) electrons. The molecular weight excluding hydrogens is 250 g/mol. The monoisotopic (exact) mass is 265 g/mol. The predicted octanol–water partition coefficient (Wildman–Crippen LogP) is 1.96. The number of hydrogen-bond donors (Lipinski definition) is 1. The Labute approximate surface area is 111 Å². The minimum Gasteiger partial charge on any atom is -0.389 e. The zero-order valence-corrected chi connectivity index (χ0v) is 10.9. The highest BCUT2D eigenvalue weighted by atomic mass is 35.5. The van der Waals surface area contributed by atoms with Gasteiger partial charge in [-0.2, -0.15) is 0 Å². The normalized spacial score (nSPS) is 22.2. The number of benzene rings is 1. The van der Waals surface area contributed by atoms with Crippen LogP contribution in [0.5, 0.6) is 0 Å². The van der Waals surface area contributed by atoms with E-state index in [0.29, 0.717) is 18.1 Å². The third-order valence-electron chi connectivity index (χ3n) is 4.14. The smallest absolute Gasteiger partial charge is 0.233 e. The molecule has 0 atom stereocenters. The quantitative estimate of drug-likeness (QED) is 0.888. The first kappa shape index (κ1) is 12.0. The second kappa shape index (κ2) is 4.25. The highest BCUT2D eigenvalue weighted by Crippen LogP contribution is 2.46. The fourth-order valence-electron chi connectivity index (χ4n) is 2.87. The summed E-state index contributed by atoms with van der Waals surface area (Å²) in [7, 11) is 0. The molecule has 18 heavy (non-hydrogen) atoms. The minimum absolute atomic E-state index is 0.154. The van der Waals surface area contributed by atoms with Crippen LogP contribution < -0.4 is 0 Å². The molecule has 1 heterocycles. The van der Waals surface area contributed by atoms with Gasteiger partial charge in [-0.05, 0) is 30.5 Å². The van der Waals surface area contributed by atoms with Crippen LogP contribution >= 0.6 is 11.6 Å². The lowest BCUT2D eigenvalue weighted by atomic mass is 9.63. The van der Waals surface area contributed by atoms with Gasteiger partial charge in [-0.1, -0.05) is 30.2 Å². The molecule has 4 heteroatoms. The summed E-state index contributed by atoms with van der Waals surface area (Å²) in [4.78, 5) is 14.3. The molecule has 0 bridgehead atoms. The summed E-state index contributed by atoms with van der Waals surface area (Å²) >= 11 is 6.02. The van der Waals surface area contributed by atoms with Crippen LogP contribution in [0.2, 0.25) is 5.02 Å². The van der Waals surface area contributed by atoms with Gasteiger partial charge in [0.15, 0.2) is 0 Å². The lowest BCUT2D eigenvalue weighted by molar-refractivity contribution is -0.151. The third-order valence-corrected chi connectivity index (χ3v) is 4.38. The molecule has 1 saturated heterocycles. The van der Waals surface area contributed by atoms with E-state index in [2.05, 4.69) is 0 Å². The molecule has 1 amide bonds. The maximum Gasteiger partial charge on any atom is 0.233 e. The van der Waals surface area contributed by atoms with Gasteiger partial charge in [0.25, 0.3) is 0 Å². The van der Waals surface area contributed by atoms with E-state index in [1.807, 2.05) is 24.3 Å². The topological polar surface area (TPSA) is 40.5 Å². The molecule has 0 aromatic heterocycles. The molecule has 1 N–H and O–H groups in total. The molecule has 1 aromatic carbocycles. The Morgan fingerprint density at radius 1 is 1.39 bits per heavy atom. The van der Waals surface area contributed by atoms with Crippen molar-refractivity contribution in [1.82, 2.24) is 4.90 Å². The summed E-state index contributed by atoms with van der Waals surface area (Å²) in [5, 5.41) is 10.00. The lowest BCUT2D eigenvalue weighted by Crippen LogP contribution is -2.60. The highest BCUT2D eigenvalue weighted by Gasteiger charge is 2.49. The number of rotatable bonds is 2. The second-order valence-corrected chi connectivity index (χ2v) is 5.75. The molecule has 0 unspecified atom stereocenters. The van der Waals surface area contributed by atoms with Crippen molar-refractivity contribution in [3.05, 3.63) is 34.9 Å². The van der Waals surface area contributed by atoms with Gasteiger partial charge in [-0.3, -0.25) is 4.79 Å². The molecule has 1 aromatic rings. The Morgan fingerprint density at radius 2 is 2.11 bits per heavy atom. The van der Waals surface area contributed by atoms with Gasteiger partial charge >= 0.3 is 0 Å². The molecule has 1 aliphatic carbocycles. The van der Waals surface area contributed by atoms with Crippen LogP contribution in [0.3, 0.4) is 0 Å². The molecule has 2 fully saturated rings. The number of carbonyl (C=O) groups is 1. The van der Waals surface area contributed by atoms with Gasteiger partial charge in [-0.15, -0.1) is 0 Å². The fraction of sp³-hybridized carbons (Fsp3) is 0.500. The standard InChI is InChI=1S/C14H16ClNO2/c15-11-4-1-3-10(7-11)14(5-2-6-14)13(18)16-8-12(17)9-16/h1,3-4,7,12,17H,2,5-6,8-9H2. The summed E-state index contributed by atoms with van der Waals surface area (Å²) in [6, 6.07) is 7.61. The van der Waals surface area contributed by atoms with Crippen LogP contribution in [0.1, 0.15) is 24.8 Å². The number of hydrogen-bond acceptors (Lipinski definition) is 2. The average molecular weight is 266 g/mol. The van der Waals surface area contributed by atoms with E-state index in [1.54, 1.807) is 4.90 Å². The van der Waals surface area contributed by atoms with E-state index in [9.17, 15) is 9.90 Å². The first-order valence-electron chi connectivity index (χ1n) is 6.35. The van der Waals surface area contributed by atoms with Crippen LogP contribution in [0.4, 0.5) is 0 Å². The molecule has 1 aliphatic heterocycles. The maximum absolute atomic E-state index is 12.6. The van der Waals surface area contributed by atoms with Crippen molar-refractivity contribution in [2.24, 2.45) is 0 Å².